The van der Waals surface area contributed by atoms with Crippen LogP contribution in [-0.2, 0) is 24.0 Å². The fraction of sp³-hybridized carbons (Fsp3) is 0.0625. The maximum absolute atomic E-state index is 12.9. The van der Waals surface area contributed by atoms with Gasteiger partial charge in [-0.3, -0.25) is 44.3 Å². The number of nitrogens with zero attached hydrogens (tertiary/aromatic N) is 3. The predicted molar refractivity (Wildman–Crippen MR) is 332 cm³/mol. The predicted octanol–water partition coefficient (Wildman–Crippen LogP) is 11.8. The molecule has 5 aromatic carbocycles. The van der Waals surface area contributed by atoms with Crippen LogP contribution in [-0.4, -0.2) is 102 Å². The van der Waals surface area contributed by atoms with E-state index in [0.717, 1.165) is 38.9 Å². The van der Waals surface area contributed by atoms with Gasteiger partial charge in [-0.25, -0.2) is 24.0 Å². The van der Waals surface area contributed by atoms with Crippen molar-refractivity contribution in [2.45, 2.75) is 20.8 Å². The van der Waals surface area contributed by atoms with Crippen molar-refractivity contribution in [1.82, 2.24) is 15.5 Å². The number of carbonyl (C=O) groups excluding carboxylic acids is 7. The van der Waals surface area contributed by atoms with Crippen molar-refractivity contribution in [2.24, 2.45) is 5.10 Å². The first-order valence-corrected chi connectivity index (χ1v) is 28.0. The number of anilines is 2. The largest absolute Gasteiger partial charge is 0.478 e. The Morgan fingerprint density at radius 2 is 1.12 bits per heavy atom. The van der Waals surface area contributed by atoms with Gasteiger partial charge in [-0.1, -0.05) is 53.0 Å². The highest BCUT2D eigenvalue weighted by molar-refractivity contribution is 8.18. The van der Waals surface area contributed by atoms with Crippen LogP contribution in [0.4, 0.5) is 21.0 Å². The van der Waals surface area contributed by atoms with E-state index in [0.29, 0.717) is 56.8 Å². The minimum atomic E-state index is -1.15. The van der Waals surface area contributed by atoms with Gasteiger partial charge >= 0.3 is 29.9 Å². The number of halogens is 2. The molecule has 0 radical (unpaired) electrons. The number of nitrogens with one attached hydrogen (secondary N) is 3. The standard InChI is InChI=1S/C25H20N2O6S.C23H15ClN2O6.C16H9ClN2O6/c1-14-3-7-17(8-4-14)26-22(28)13-27-23(29)21(34-25(27)32)12-18-9-10-20(33-18)19-11-16(24(30)31)6-5-15(19)2;1-12-17(21(27)26(25-12)15-4-2-3-14(9-15)22(28)29)11-16-6-8-20(32-16)13-5-7-19(24)18(10-13)23(30)31;17-11-3-1-7(15(22)23)5-9(11)12-4-2-8(25-12)6-10-13(20)18-16(24)19-14(10)21/h3-12H,13H2,1-2H3,(H,26,28)(H,30,31);2-11H,1H3,(H,28,29)(H,30,31);1-6H,(H,22,23)(H2,18,19,20,21,24)/b21-12-;17-11+;. The van der Waals surface area contributed by atoms with Gasteiger partial charge in [-0.05, 0) is 166 Å². The second kappa shape index (κ2) is 27.2. The lowest BCUT2D eigenvalue weighted by Gasteiger charge is -2.13. The second-order valence-electron chi connectivity index (χ2n) is 19.6. The summed E-state index contributed by atoms with van der Waals surface area (Å²) < 4.78 is 17.1. The summed E-state index contributed by atoms with van der Waals surface area (Å²) >= 11 is 12.7. The van der Waals surface area contributed by atoms with E-state index in [4.69, 9.17) is 41.6 Å². The number of carbonyl (C=O) groups is 11. The number of aromatic carboxylic acids is 4. The van der Waals surface area contributed by atoms with Crippen molar-refractivity contribution in [2.75, 3.05) is 16.9 Å². The summed E-state index contributed by atoms with van der Waals surface area (Å²) in [6.45, 7) is 5.01. The molecule has 3 aromatic heterocycles. The van der Waals surface area contributed by atoms with E-state index >= 15 is 0 Å². The quantitative estimate of drug-likeness (QED) is 0.0393. The zero-order valence-corrected chi connectivity index (χ0v) is 49.6. The van der Waals surface area contributed by atoms with Gasteiger partial charge in [0, 0.05) is 28.5 Å². The van der Waals surface area contributed by atoms with Crippen LogP contribution in [0.5, 0.6) is 0 Å². The number of carboxylic acids is 4. The minimum absolute atomic E-state index is 0.0280. The molecule has 3 aliphatic heterocycles. The van der Waals surface area contributed by atoms with Crippen molar-refractivity contribution in [3.8, 4) is 34.0 Å². The SMILES string of the molecule is CC1=NN(c2cccc(C(=O)O)c2)C(=O)/C1=C/c1ccc(-c2ccc(Cl)c(C(=O)O)c2)o1.Cc1ccc(NC(=O)CN2C(=O)S/C(=C\c3ccc(-c4cc(C(=O)O)ccc4C)o3)C2=O)cc1.O=C1NC(=O)C(=Cc2ccc(-c3cc(C(=O)O)ccc3Cl)o2)C(=O)N1. The maximum atomic E-state index is 12.9. The topological polar surface area (TPSA) is 363 Å². The van der Waals surface area contributed by atoms with Crippen molar-refractivity contribution in [1.29, 1.82) is 0 Å². The maximum Gasteiger partial charge on any atom is 0.337 e. The molecule has 8 amide bonds. The zero-order valence-electron chi connectivity index (χ0n) is 47.2. The second-order valence-corrected chi connectivity index (χ2v) is 21.4. The van der Waals surface area contributed by atoms with Crippen LogP contribution in [0.2, 0.25) is 10.0 Å². The van der Waals surface area contributed by atoms with Gasteiger partial charge < -0.3 is 39.0 Å². The molecule has 8 aromatic rings. The summed E-state index contributed by atoms with van der Waals surface area (Å²) in [4.78, 5) is 131. The summed E-state index contributed by atoms with van der Waals surface area (Å²) in [5, 5.41) is 48.5. The zero-order chi connectivity index (χ0) is 65.5. The lowest BCUT2D eigenvalue weighted by atomic mass is 10.0. The van der Waals surface area contributed by atoms with E-state index in [2.05, 4.69) is 10.4 Å². The van der Waals surface area contributed by atoms with E-state index in [1.807, 2.05) is 36.6 Å². The molecule has 2 fully saturated rings. The number of furan rings is 3. The molecular formula is C64H44Cl2N6O18S. The Balaban J connectivity index is 0.000000163. The van der Waals surface area contributed by atoms with E-state index in [1.54, 1.807) is 61.5 Å². The van der Waals surface area contributed by atoms with Gasteiger partial charge in [-0.15, -0.1) is 0 Å². The van der Waals surface area contributed by atoms with Crippen molar-refractivity contribution in [3.05, 3.63) is 216 Å². The number of rotatable bonds is 14. The minimum Gasteiger partial charge on any atom is -0.478 e. The molecule has 6 heterocycles. The average Bonchev–Trinajstić information content (AvgIpc) is 1.77. The highest BCUT2D eigenvalue weighted by Gasteiger charge is 2.37. The van der Waals surface area contributed by atoms with E-state index in [1.165, 1.54) is 84.9 Å². The fourth-order valence-corrected chi connectivity index (χ4v) is 9.94. The normalized spacial score (nSPS) is 14.5. The molecule has 27 heteroatoms. The third-order valence-corrected chi connectivity index (χ3v) is 14.9. The number of amides is 8. The van der Waals surface area contributed by atoms with Crippen LogP contribution in [0.3, 0.4) is 0 Å². The lowest BCUT2D eigenvalue weighted by molar-refractivity contribution is -0.127. The number of carboxylic acid groups (broad SMARTS) is 4. The fourth-order valence-electron chi connectivity index (χ4n) is 8.71. The van der Waals surface area contributed by atoms with Crippen LogP contribution >= 0.6 is 35.0 Å². The number of barbiturate groups is 1. The number of hydrogen-bond acceptors (Lipinski definition) is 16. The molecule has 0 aliphatic carbocycles. The van der Waals surface area contributed by atoms with Crippen LogP contribution < -0.4 is 21.0 Å². The molecule has 0 spiro atoms. The Bertz CT molecular complexity index is 4510. The van der Waals surface area contributed by atoms with E-state index < -0.39 is 71.2 Å². The number of hydrazone groups is 1. The molecule has 0 unspecified atom stereocenters. The molecule has 24 nitrogen and oxygen atoms in total. The summed E-state index contributed by atoms with van der Waals surface area (Å²) in [7, 11) is 0. The molecule has 458 valence electrons. The number of aryl methyl sites for hydroxylation is 2. The summed E-state index contributed by atoms with van der Waals surface area (Å²) in [5.41, 5.74) is 4.83. The van der Waals surface area contributed by atoms with Gasteiger partial charge in [-0.2, -0.15) is 10.1 Å². The average molecular weight is 1290 g/mol. The van der Waals surface area contributed by atoms with Crippen molar-refractivity contribution < 1.29 is 86.4 Å². The monoisotopic (exact) mass is 1290 g/mol. The Morgan fingerprint density at radius 1 is 0.571 bits per heavy atom. The molecule has 11 rings (SSSR count). The summed E-state index contributed by atoms with van der Waals surface area (Å²) in [6.07, 6.45) is 4.12. The summed E-state index contributed by atoms with van der Waals surface area (Å²) in [5.74, 6) is -5.68. The first-order valence-electron chi connectivity index (χ1n) is 26.5. The molecule has 2 saturated heterocycles. The number of imide groups is 3. The molecular weight excluding hydrogens is 1240 g/mol. The van der Waals surface area contributed by atoms with Gasteiger partial charge in [0.25, 0.3) is 28.9 Å². The number of thioether (sulfide) groups is 1. The number of urea groups is 1. The van der Waals surface area contributed by atoms with Crippen LogP contribution in [0.25, 0.3) is 52.2 Å². The molecule has 3 aliphatic rings. The Kier molecular flexibility index (Phi) is 19.0. The molecule has 7 N–H and O–H groups in total. The Hall–Kier alpha value is -11.7. The third-order valence-electron chi connectivity index (χ3n) is 13.3. The van der Waals surface area contributed by atoms with Gasteiger partial charge in [0.2, 0.25) is 5.91 Å². The van der Waals surface area contributed by atoms with Crippen molar-refractivity contribution in [3.63, 3.8) is 0 Å². The molecule has 91 heavy (non-hydrogen) atoms. The van der Waals surface area contributed by atoms with E-state index in [-0.39, 0.29) is 59.9 Å². The molecule has 0 saturated carbocycles. The number of benzene rings is 5. The molecule has 0 atom stereocenters. The number of hydrogen-bond donors (Lipinski definition) is 7. The molecule has 0 bridgehead atoms. The van der Waals surface area contributed by atoms with Gasteiger partial charge in [0.05, 0.1) is 54.2 Å². The van der Waals surface area contributed by atoms with Crippen LogP contribution in [0.1, 0.15) is 76.8 Å². The smallest absolute Gasteiger partial charge is 0.337 e. The Labute approximate surface area is 527 Å². The van der Waals surface area contributed by atoms with Gasteiger partial charge in [0.1, 0.15) is 46.7 Å². The lowest BCUT2D eigenvalue weighted by Crippen LogP contribution is -2.51. The van der Waals surface area contributed by atoms with E-state index in [9.17, 15) is 68.1 Å². The van der Waals surface area contributed by atoms with Crippen LogP contribution in [0.15, 0.2) is 174 Å². The summed E-state index contributed by atoms with van der Waals surface area (Å²) in [6, 6.07) is 35.1. The van der Waals surface area contributed by atoms with Crippen molar-refractivity contribution >= 4 is 135 Å². The van der Waals surface area contributed by atoms with Crippen LogP contribution in [0, 0.1) is 13.8 Å². The van der Waals surface area contributed by atoms with Gasteiger partial charge in [0.15, 0.2) is 0 Å². The first-order chi connectivity index (χ1) is 43.3. The third kappa shape index (κ3) is 15.0. The highest BCUT2D eigenvalue weighted by atomic mass is 35.5. The Morgan fingerprint density at radius 3 is 1.75 bits per heavy atom. The highest BCUT2D eigenvalue weighted by Crippen LogP contribution is 2.36. The first kappa shape index (κ1) is 63.8.